The van der Waals surface area contributed by atoms with E-state index in [1.807, 2.05) is 12.3 Å². The standard InChI is InChI=1S/C17H17FN2O3S/c1-10-9-24-15(19-10)12-3-2-6-20(8-12)16(21)13-5-4-11(17(22)23)7-14(13)18/h4-5,7,9,12H,2-3,6,8H2,1H3,(H,22,23). The van der Waals surface area contributed by atoms with Crippen LogP contribution in [0.25, 0.3) is 0 Å². The lowest BCUT2D eigenvalue weighted by molar-refractivity contribution is 0.0684. The molecule has 2 aromatic rings. The first-order chi connectivity index (χ1) is 11.5. The number of likely N-dealkylation sites (tertiary alicyclic amines) is 1. The zero-order chi connectivity index (χ0) is 17.3. The highest BCUT2D eigenvalue weighted by Crippen LogP contribution is 2.30. The number of carboxylic acids is 1. The summed E-state index contributed by atoms with van der Waals surface area (Å²) >= 11 is 1.59. The van der Waals surface area contributed by atoms with Crippen molar-refractivity contribution in [3.05, 3.63) is 51.2 Å². The summed E-state index contributed by atoms with van der Waals surface area (Å²) in [6.45, 7) is 3.01. The third kappa shape index (κ3) is 3.31. The average Bonchev–Trinajstić information content (AvgIpc) is 3.01. The molecule has 1 aromatic heterocycles. The molecule has 126 valence electrons. The number of piperidine rings is 1. The van der Waals surface area contributed by atoms with Gasteiger partial charge in [0.1, 0.15) is 5.82 Å². The third-order valence-electron chi connectivity index (χ3n) is 4.14. The van der Waals surface area contributed by atoms with Gasteiger partial charge in [0.05, 0.1) is 16.1 Å². The van der Waals surface area contributed by atoms with Crippen molar-refractivity contribution in [1.82, 2.24) is 9.88 Å². The van der Waals surface area contributed by atoms with Gasteiger partial charge in [-0.05, 0) is 38.0 Å². The Balaban J connectivity index is 1.78. The number of hydrogen-bond acceptors (Lipinski definition) is 4. The maximum Gasteiger partial charge on any atom is 0.335 e. The number of hydrogen-bond donors (Lipinski definition) is 1. The molecule has 5 nitrogen and oxygen atoms in total. The van der Waals surface area contributed by atoms with Gasteiger partial charge in [-0.3, -0.25) is 4.79 Å². The first-order valence-corrected chi connectivity index (χ1v) is 8.58. The quantitative estimate of drug-likeness (QED) is 0.924. The predicted octanol–water partition coefficient (Wildman–Crippen LogP) is 3.31. The molecule has 1 amide bonds. The second kappa shape index (κ2) is 6.68. The number of carbonyl (C=O) groups is 2. The van der Waals surface area contributed by atoms with Crippen LogP contribution in [-0.2, 0) is 0 Å². The zero-order valence-electron chi connectivity index (χ0n) is 13.2. The minimum absolute atomic E-state index is 0.0871. The fourth-order valence-corrected chi connectivity index (χ4v) is 3.84. The topological polar surface area (TPSA) is 70.5 Å². The molecule has 0 saturated carbocycles. The van der Waals surface area contributed by atoms with Crippen LogP contribution in [0.3, 0.4) is 0 Å². The van der Waals surface area contributed by atoms with Crippen LogP contribution in [0.4, 0.5) is 4.39 Å². The summed E-state index contributed by atoms with van der Waals surface area (Å²) in [5.74, 6) is -2.25. The maximum absolute atomic E-state index is 14.1. The minimum atomic E-state index is -1.22. The summed E-state index contributed by atoms with van der Waals surface area (Å²) in [4.78, 5) is 29.6. The van der Waals surface area contributed by atoms with Gasteiger partial charge in [-0.2, -0.15) is 0 Å². The number of thiazole rings is 1. The van der Waals surface area contributed by atoms with E-state index in [-0.39, 0.29) is 17.0 Å². The van der Waals surface area contributed by atoms with Crippen molar-refractivity contribution in [2.24, 2.45) is 0 Å². The first kappa shape index (κ1) is 16.6. The number of rotatable bonds is 3. The molecule has 1 unspecified atom stereocenters. The molecule has 1 N–H and O–H groups in total. The van der Waals surface area contributed by atoms with E-state index in [2.05, 4.69) is 4.98 Å². The molecule has 1 aliphatic rings. The summed E-state index contributed by atoms with van der Waals surface area (Å²) in [7, 11) is 0. The molecular weight excluding hydrogens is 331 g/mol. The van der Waals surface area contributed by atoms with E-state index in [1.165, 1.54) is 12.1 Å². The van der Waals surface area contributed by atoms with E-state index in [0.29, 0.717) is 13.1 Å². The van der Waals surface area contributed by atoms with Crippen LogP contribution in [-0.4, -0.2) is 40.0 Å². The number of benzene rings is 1. The molecule has 0 aliphatic carbocycles. The lowest BCUT2D eigenvalue weighted by Crippen LogP contribution is -2.39. The summed E-state index contributed by atoms with van der Waals surface area (Å²) in [6, 6.07) is 3.39. The van der Waals surface area contributed by atoms with Crippen molar-refractivity contribution in [2.45, 2.75) is 25.7 Å². The Morgan fingerprint density at radius 3 is 2.83 bits per heavy atom. The Kier molecular flexibility index (Phi) is 4.62. The molecule has 1 atom stereocenters. The highest BCUT2D eigenvalue weighted by molar-refractivity contribution is 7.09. The van der Waals surface area contributed by atoms with Gasteiger partial charge >= 0.3 is 5.97 Å². The van der Waals surface area contributed by atoms with Gasteiger partial charge in [-0.15, -0.1) is 11.3 Å². The summed E-state index contributed by atoms with van der Waals surface area (Å²) < 4.78 is 14.1. The largest absolute Gasteiger partial charge is 0.478 e. The lowest BCUT2D eigenvalue weighted by atomic mass is 9.97. The first-order valence-electron chi connectivity index (χ1n) is 7.70. The number of aryl methyl sites for hydroxylation is 1. The second-order valence-corrected chi connectivity index (χ2v) is 6.81. The lowest BCUT2D eigenvalue weighted by Gasteiger charge is -2.32. The van der Waals surface area contributed by atoms with Gasteiger partial charge in [0.25, 0.3) is 5.91 Å². The van der Waals surface area contributed by atoms with Gasteiger partial charge in [-0.1, -0.05) is 0 Å². The Labute approximate surface area is 142 Å². The molecule has 3 rings (SSSR count). The maximum atomic E-state index is 14.1. The van der Waals surface area contributed by atoms with Gasteiger partial charge < -0.3 is 10.0 Å². The number of nitrogens with zero attached hydrogens (tertiary/aromatic N) is 2. The Morgan fingerprint density at radius 1 is 1.42 bits per heavy atom. The number of aromatic carboxylic acids is 1. The van der Waals surface area contributed by atoms with E-state index in [1.54, 1.807) is 16.2 Å². The van der Waals surface area contributed by atoms with Gasteiger partial charge in [0.15, 0.2) is 0 Å². The van der Waals surface area contributed by atoms with Crippen LogP contribution in [0.15, 0.2) is 23.6 Å². The normalized spacial score (nSPS) is 17.8. The van der Waals surface area contributed by atoms with Crippen LogP contribution in [0, 0.1) is 12.7 Å². The van der Waals surface area contributed by atoms with Crippen LogP contribution >= 0.6 is 11.3 Å². The van der Waals surface area contributed by atoms with Gasteiger partial charge in [0, 0.05) is 30.1 Å². The monoisotopic (exact) mass is 348 g/mol. The van der Waals surface area contributed by atoms with Crippen LogP contribution in [0.1, 0.15) is 50.2 Å². The predicted molar refractivity (Wildman–Crippen MR) is 88.1 cm³/mol. The number of halogens is 1. The van der Waals surface area contributed by atoms with Crippen molar-refractivity contribution in [1.29, 1.82) is 0 Å². The molecule has 1 saturated heterocycles. The number of amides is 1. The minimum Gasteiger partial charge on any atom is -0.478 e. The molecular formula is C17H17FN2O3S. The molecule has 0 spiro atoms. The second-order valence-electron chi connectivity index (χ2n) is 5.92. The molecule has 0 bridgehead atoms. The molecule has 7 heteroatoms. The fourth-order valence-electron chi connectivity index (χ4n) is 2.91. The average molecular weight is 348 g/mol. The molecule has 1 fully saturated rings. The Morgan fingerprint density at radius 2 is 2.21 bits per heavy atom. The van der Waals surface area contributed by atoms with Crippen molar-refractivity contribution >= 4 is 23.2 Å². The SMILES string of the molecule is Cc1csc(C2CCCN(C(=O)c3ccc(C(=O)O)cc3F)C2)n1. The summed E-state index contributed by atoms with van der Waals surface area (Å²) in [6.07, 6.45) is 1.79. The van der Waals surface area contributed by atoms with E-state index in [9.17, 15) is 14.0 Å². The van der Waals surface area contributed by atoms with E-state index in [4.69, 9.17) is 5.11 Å². The smallest absolute Gasteiger partial charge is 0.335 e. The number of carbonyl (C=O) groups excluding carboxylic acids is 1. The summed E-state index contributed by atoms with van der Waals surface area (Å²) in [5, 5.41) is 11.9. The number of aromatic nitrogens is 1. The van der Waals surface area contributed by atoms with Gasteiger partial charge in [0.2, 0.25) is 0 Å². The Bertz CT molecular complexity index is 790. The molecule has 24 heavy (non-hydrogen) atoms. The van der Waals surface area contributed by atoms with Crippen molar-refractivity contribution in [3.8, 4) is 0 Å². The highest BCUT2D eigenvalue weighted by Gasteiger charge is 2.28. The number of carboxylic acid groups (broad SMARTS) is 1. The molecule has 1 aromatic carbocycles. The van der Waals surface area contributed by atoms with Crippen molar-refractivity contribution in [2.75, 3.05) is 13.1 Å². The Hall–Kier alpha value is -2.28. The molecule has 2 heterocycles. The van der Waals surface area contributed by atoms with Crippen LogP contribution in [0.5, 0.6) is 0 Å². The third-order valence-corrected chi connectivity index (χ3v) is 5.27. The van der Waals surface area contributed by atoms with E-state index in [0.717, 1.165) is 29.6 Å². The molecule has 1 aliphatic heterocycles. The van der Waals surface area contributed by atoms with Crippen molar-refractivity contribution < 1.29 is 19.1 Å². The van der Waals surface area contributed by atoms with E-state index >= 15 is 0 Å². The van der Waals surface area contributed by atoms with E-state index < -0.39 is 17.7 Å². The van der Waals surface area contributed by atoms with Crippen LogP contribution < -0.4 is 0 Å². The van der Waals surface area contributed by atoms with Crippen molar-refractivity contribution in [3.63, 3.8) is 0 Å². The highest BCUT2D eigenvalue weighted by atomic mass is 32.1. The summed E-state index contributed by atoms with van der Waals surface area (Å²) in [5.41, 5.74) is 0.712. The van der Waals surface area contributed by atoms with Gasteiger partial charge in [-0.25, -0.2) is 14.2 Å². The fraction of sp³-hybridized carbons (Fsp3) is 0.353. The zero-order valence-corrected chi connectivity index (χ0v) is 14.0. The molecule has 0 radical (unpaired) electrons. The van der Waals surface area contributed by atoms with Crippen LogP contribution in [0.2, 0.25) is 0 Å².